The number of amides is 2. The summed E-state index contributed by atoms with van der Waals surface area (Å²) >= 11 is 0. The monoisotopic (exact) mass is 266 g/mol. The van der Waals surface area contributed by atoms with Crippen molar-refractivity contribution in [3.8, 4) is 0 Å². The molecule has 5 nitrogen and oxygen atoms in total. The van der Waals surface area contributed by atoms with E-state index < -0.39 is 17.8 Å². The van der Waals surface area contributed by atoms with Crippen LogP contribution < -0.4 is 10.6 Å². The first kappa shape index (κ1) is 13.3. The smallest absolute Gasteiger partial charge is 0.335 e. The van der Waals surface area contributed by atoms with E-state index in [2.05, 4.69) is 10.6 Å². The number of urea groups is 1. The lowest BCUT2D eigenvalue weighted by atomic mass is 10.2. The molecule has 2 amide bonds. The normalized spacial score (nSPS) is 20.7. The van der Waals surface area contributed by atoms with Gasteiger partial charge in [0.1, 0.15) is 5.82 Å². The number of benzene rings is 1. The van der Waals surface area contributed by atoms with Crippen LogP contribution in [0.1, 0.15) is 30.1 Å². The van der Waals surface area contributed by atoms with Crippen LogP contribution in [0.2, 0.25) is 0 Å². The standard InChI is InChI=1S/C13H15FN2O3/c1-2-7-5-10(7)15-13(19)16-11-6-8(12(17)18)3-4-9(11)14/h3-4,6-7,10H,2,5H2,1H3,(H,17,18)(H2,15,16,19). The van der Waals surface area contributed by atoms with Crippen LogP contribution in [-0.2, 0) is 0 Å². The van der Waals surface area contributed by atoms with Gasteiger partial charge in [0.05, 0.1) is 11.3 Å². The van der Waals surface area contributed by atoms with Crippen molar-refractivity contribution in [2.75, 3.05) is 5.32 Å². The number of rotatable bonds is 4. The highest BCUT2D eigenvalue weighted by Crippen LogP contribution is 2.33. The maximum atomic E-state index is 13.5. The molecule has 0 saturated heterocycles. The fourth-order valence-corrected chi connectivity index (χ4v) is 1.96. The van der Waals surface area contributed by atoms with E-state index in [1.54, 1.807) is 0 Å². The van der Waals surface area contributed by atoms with Gasteiger partial charge in [-0.1, -0.05) is 13.3 Å². The average molecular weight is 266 g/mol. The SMILES string of the molecule is CCC1CC1NC(=O)Nc1cc(C(=O)O)ccc1F. The van der Waals surface area contributed by atoms with Gasteiger partial charge in [0.25, 0.3) is 0 Å². The number of carbonyl (C=O) groups is 2. The largest absolute Gasteiger partial charge is 0.478 e. The molecule has 6 heteroatoms. The van der Waals surface area contributed by atoms with Crippen LogP contribution >= 0.6 is 0 Å². The summed E-state index contributed by atoms with van der Waals surface area (Å²) in [5.74, 6) is -1.35. The van der Waals surface area contributed by atoms with Gasteiger partial charge in [0.2, 0.25) is 0 Å². The summed E-state index contributed by atoms with van der Waals surface area (Å²) in [6.45, 7) is 2.04. The van der Waals surface area contributed by atoms with Gasteiger partial charge < -0.3 is 15.7 Å². The predicted molar refractivity (Wildman–Crippen MR) is 67.7 cm³/mol. The molecule has 1 aromatic rings. The van der Waals surface area contributed by atoms with Crippen molar-refractivity contribution < 1.29 is 19.1 Å². The number of aromatic carboxylic acids is 1. The minimum absolute atomic E-state index is 0.0745. The summed E-state index contributed by atoms with van der Waals surface area (Å²) < 4.78 is 13.5. The Kier molecular flexibility index (Phi) is 3.69. The zero-order valence-electron chi connectivity index (χ0n) is 10.4. The third kappa shape index (κ3) is 3.21. The molecule has 1 saturated carbocycles. The Morgan fingerprint density at radius 3 is 2.79 bits per heavy atom. The summed E-state index contributed by atoms with van der Waals surface area (Å²) in [6, 6.07) is 2.89. The maximum Gasteiger partial charge on any atom is 0.335 e. The van der Waals surface area contributed by atoms with Crippen LogP contribution in [0, 0.1) is 11.7 Å². The lowest BCUT2D eigenvalue weighted by Gasteiger charge is -2.08. The van der Waals surface area contributed by atoms with E-state index in [0.717, 1.165) is 31.0 Å². The molecule has 2 rings (SSSR count). The van der Waals surface area contributed by atoms with Gasteiger partial charge in [-0.3, -0.25) is 0 Å². The molecular weight excluding hydrogens is 251 g/mol. The average Bonchev–Trinajstić information content (AvgIpc) is 3.09. The van der Waals surface area contributed by atoms with Crippen molar-refractivity contribution in [3.05, 3.63) is 29.6 Å². The van der Waals surface area contributed by atoms with E-state index in [1.165, 1.54) is 0 Å². The highest BCUT2D eigenvalue weighted by atomic mass is 19.1. The molecule has 2 atom stereocenters. The second-order valence-corrected chi connectivity index (χ2v) is 4.61. The molecule has 3 N–H and O–H groups in total. The molecule has 0 radical (unpaired) electrons. The summed E-state index contributed by atoms with van der Waals surface area (Å²) in [6.07, 6.45) is 1.93. The predicted octanol–water partition coefficient (Wildman–Crippen LogP) is 2.44. The van der Waals surface area contributed by atoms with Gasteiger partial charge in [0, 0.05) is 6.04 Å². The molecule has 1 aromatic carbocycles. The van der Waals surface area contributed by atoms with E-state index in [-0.39, 0.29) is 17.3 Å². The Bertz CT molecular complexity index is 519. The van der Waals surface area contributed by atoms with Gasteiger partial charge in [-0.15, -0.1) is 0 Å². The summed E-state index contributed by atoms with van der Waals surface area (Å²) in [4.78, 5) is 22.4. The minimum Gasteiger partial charge on any atom is -0.478 e. The van der Waals surface area contributed by atoms with Crippen LogP contribution in [0.3, 0.4) is 0 Å². The zero-order valence-corrected chi connectivity index (χ0v) is 10.4. The maximum absolute atomic E-state index is 13.5. The Balaban J connectivity index is 2.00. The number of carboxylic acid groups (broad SMARTS) is 1. The third-order valence-corrected chi connectivity index (χ3v) is 3.22. The molecule has 1 aliphatic carbocycles. The van der Waals surface area contributed by atoms with Gasteiger partial charge in [-0.05, 0) is 30.5 Å². The quantitative estimate of drug-likeness (QED) is 0.783. The highest BCUT2D eigenvalue weighted by Gasteiger charge is 2.36. The van der Waals surface area contributed by atoms with E-state index >= 15 is 0 Å². The summed E-state index contributed by atoms with van der Waals surface area (Å²) in [5, 5.41) is 13.9. The molecule has 0 spiro atoms. The first-order valence-corrected chi connectivity index (χ1v) is 6.11. The van der Waals surface area contributed by atoms with Crippen LogP contribution in [0.5, 0.6) is 0 Å². The molecule has 2 unspecified atom stereocenters. The third-order valence-electron chi connectivity index (χ3n) is 3.22. The van der Waals surface area contributed by atoms with Gasteiger partial charge >= 0.3 is 12.0 Å². The van der Waals surface area contributed by atoms with E-state index in [0.29, 0.717) is 5.92 Å². The molecular formula is C13H15FN2O3. The fraction of sp³-hybridized carbons (Fsp3) is 0.385. The summed E-state index contributed by atoms with van der Waals surface area (Å²) in [5.41, 5.74) is -0.208. The summed E-state index contributed by atoms with van der Waals surface area (Å²) in [7, 11) is 0. The van der Waals surface area contributed by atoms with Crippen LogP contribution in [-0.4, -0.2) is 23.1 Å². The Hall–Kier alpha value is -2.11. The molecule has 0 bridgehead atoms. The van der Waals surface area contributed by atoms with E-state index in [1.807, 2.05) is 6.92 Å². The molecule has 19 heavy (non-hydrogen) atoms. The van der Waals surface area contributed by atoms with Crippen LogP contribution in [0.25, 0.3) is 0 Å². The van der Waals surface area contributed by atoms with Crippen molar-refractivity contribution in [2.24, 2.45) is 5.92 Å². The number of hydrogen-bond donors (Lipinski definition) is 3. The van der Waals surface area contributed by atoms with Crippen molar-refractivity contribution in [1.82, 2.24) is 5.32 Å². The molecule has 0 aliphatic heterocycles. The first-order chi connectivity index (χ1) is 9.01. The Morgan fingerprint density at radius 2 is 2.21 bits per heavy atom. The number of carboxylic acids is 1. The van der Waals surface area contributed by atoms with E-state index in [4.69, 9.17) is 5.11 Å². The number of anilines is 1. The van der Waals surface area contributed by atoms with E-state index in [9.17, 15) is 14.0 Å². The fourth-order valence-electron chi connectivity index (χ4n) is 1.96. The number of halogens is 1. The van der Waals surface area contributed by atoms with Crippen LogP contribution in [0.4, 0.5) is 14.9 Å². The van der Waals surface area contributed by atoms with Gasteiger partial charge in [-0.2, -0.15) is 0 Å². The van der Waals surface area contributed by atoms with Crippen molar-refractivity contribution in [3.63, 3.8) is 0 Å². The zero-order chi connectivity index (χ0) is 14.0. The second kappa shape index (κ2) is 5.26. The lowest BCUT2D eigenvalue weighted by molar-refractivity contribution is 0.0697. The van der Waals surface area contributed by atoms with Crippen molar-refractivity contribution in [1.29, 1.82) is 0 Å². The molecule has 0 heterocycles. The van der Waals surface area contributed by atoms with Crippen molar-refractivity contribution in [2.45, 2.75) is 25.8 Å². The number of hydrogen-bond acceptors (Lipinski definition) is 2. The molecule has 1 fully saturated rings. The van der Waals surface area contributed by atoms with Gasteiger partial charge in [-0.25, -0.2) is 14.0 Å². The topological polar surface area (TPSA) is 78.4 Å². The number of nitrogens with one attached hydrogen (secondary N) is 2. The molecule has 1 aliphatic rings. The molecule has 0 aromatic heterocycles. The van der Waals surface area contributed by atoms with Crippen molar-refractivity contribution >= 4 is 17.7 Å². The number of carbonyl (C=O) groups excluding carboxylic acids is 1. The van der Waals surface area contributed by atoms with Crippen LogP contribution in [0.15, 0.2) is 18.2 Å². The Morgan fingerprint density at radius 1 is 1.47 bits per heavy atom. The molecule has 102 valence electrons. The highest BCUT2D eigenvalue weighted by molar-refractivity contribution is 5.93. The first-order valence-electron chi connectivity index (χ1n) is 6.11. The Labute approximate surface area is 109 Å². The van der Waals surface area contributed by atoms with Gasteiger partial charge in [0.15, 0.2) is 0 Å². The minimum atomic E-state index is -1.17. The lowest BCUT2D eigenvalue weighted by Crippen LogP contribution is -2.31. The second-order valence-electron chi connectivity index (χ2n) is 4.61.